The number of nitrogens with zero attached hydrogens (tertiary/aromatic N) is 4. The van der Waals surface area contributed by atoms with Crippen molar-refractivity contribution >= 4 is 27.7 Å². The fraction of sp³-hybridized carbons (Fsp3) is 0.100. The minimum Gasteiger partial charge on any atom is -0.244 e. The summed E-state index contributed by atoms with van der Waals surface area (Å²) in [4.78, 5) is 4.98. The van der Waals surface area contributed by atoms with Crippen LogP contribution in [0, 0.1) is 11.3 Å². The van der Waals surface area contributed by atoms with Crippen LogP contribution in [0.5, 0.6) is 0 Å². The minimum atomic E-state index is 0.627. The van der Waals surface area contributed by atoms with Gasteiger partial charge in [-0.15, -0.1) is 0 Å². The molecule has 80 valence electrons. The molecular weight excluding hydrogens is 288 g/mol. The standard InChI is InChI=1S/C10H7BrN4S/c1-15-10(13-6-14-15)16-9-3-2-8(11)4-7(9)5-12/h2-4,6H,1H3. The second-order valence-corrected chi connectivity index (χ2v) is 4.95. The highest BCUT2D eigenvalue weighted by Crippen LogP contribution is 2.29. The highest BCUT2D eigenvalue weighted by Gasteiger charge is 2.08. The van der Waals surface area contributed by atoms with Crippen molar-refractivity contribution in [1.82, 2.24) is 14.8 Å². The molecule has 0 bridgehead atoms. The van der Waals surface area contributed by atoms with Crippen LogP contribution < -0.4 is 0 Å². The van der Waals surface area contributed by atoms with Gasteiger partial charge in [-0.1, -0.05) is 15.9 Å². The van der Waals surface area contributed by atoms with Gasteiger partial charge in [0.15, 0.2) is 5.16 Å². The van der Waals surface area contributed by atoms with Crippen LogP contribution in [0.4, 0.5) is 0 Å². The average molecular weight is 295 g/mol. The normalized spacial score (nSPS) is 10.1. The minimum absolute atomic E-state index is 0.627. The van der Waals surface area contributed by atoms with Crippen molar-refractivity contribution in [2.75, 3.05) is 0 Å². The summed E-state index contributed by atoms with van der Waals surface area (Å²) in [6.45, 7) is 0. The van der Waals surface area contributed by atoms with Crippen LogP contribution in [0.2, 0.25) is 0 Å². The first-order valence-corrected chi connectivity index (χ1v) is 6.03. The molecule has 16 heavy (non-hydrogen) atoms. The maximum Gasteiger partial charge on any atom is 0.190 e. The zero-order valence-corrected chi connectivity index (χ0v) is 10.8. The zero-order chi connectivity index (χ0) is 11.5. The Morgan fingerprint density at radius 2 is 2.31 bits per heavy atom. The first-order chi connectivity index (χ1) is 7.70. The lowest BCUT2D eigenvalue weighted by Crippen LogP contribution is -1.93. The Morgan fingerprint density at radius 1 is 1.50 bits per heavy atom. The van der Waals surface area contributed by atoms with Crippen molar-refractivity contribution in [2.45, 2.75) is 10.1 Å². The van der Waals surface area contributed by atoms with Gasteiger partial charge in [-0.05, 0) is 30.0 Å². The molecule has 0 aliphatic carbocycles. The Kier molecular flexibility index (Phi) is 3.27. The molecule has 0 N–H and O–H groups in total. The Morgan fingerprint density at radius 3 is 2.94 bits per heavy atom. The lowest BCUT2D eigenvalue weighted by Gasteiger charge is -2.03. The number of halogens is 1. The van der Waals surface area contributed by atoms with Gasteiger partial charge < -0.3 is 0 Å². The van der Waals surface area contributed by atoms with Gasteiger partial charge in [-0.2, -0.15) is 10.4 Å². The van der Waals surface area contributed by atoms with Crippen molar-refractivity contribution < 1.29 is 0 Å². The van der Waals surface area contributed by atoms with Crippen LogP contribution in [0.15, 0.2) is 39.1 Å². The molecule has 0 saturated carbocycles. The van der Waals surface area contributed by atoms with Gasteiger partial charge in [-0.25, -0.2) is 9.67 Å². The molecule has 1 heterocycles. The molecule has 0 fully saturated rings. The predicted octanol–water partition coefficient (Wildman–Crippen LogP) is 2.60. The van der Waals surface area contributed by atoms with E-state index in [1.807, 2.05) is 19.2 Å². The summed E-state index contributed by atoms with van der Waals surface area (Å²) in [6, 6.07) is 7.74. The summed E-state index contributed by atoms with van der Waals surface area (Å²) in [5.74, 6) is 0. The third kappa shape index (κ3) is 2.26. The lowest BCUT2D eigenvalue weighted by molar-refractivity contribution is 0.685. The molecule has 1 aromatic carbocycles. The number of rotatable bonds is 2. The van der Waals surface area contributed by atoms with E-state index in [4.69, 9.17) is 5.26 Å². The van der Waals surface area contributed by atoms with E-state index >= 15 is 0 Å². The van der Waals surface area contributed by atoms with Gasteiger partial charge >= 0.3 is 0 Å². The zero-order valence-electron chi connectivity index (χ0n) is 8.38. The van der Waals surface area contributed by atoms with Gasteiger partial charge in [0, 0.05) is 16.4 Å². The number of hydrogen-bond donors (Lipinski definition) is 0. The van der Waals surface area contributed by atoms with E-state index in [1.54, 1.807) is 10.7 Å². The smallest absolute Gasteiger partial charge is 0.190 e. The quantitative estimate of drug-likeness (QED) is 0.854. The molecule has 6 heteroatoms. The van der Waals surface area contributed by atoms with Crippen molar-refractivity contribution in [1.29, 1.82) is 5.26 Å². The third-order valence-corrected chi connectivity index (χ3v) is 3.55. The first kappa shape index (κ1) is 11.2. The summed E-state index contributed by atoms with van der Waals surface area (Å²) in [7, 11) is 1.82. The molecule has 0 aliphatic rings. The van der Waals surface area contributed by atoms with Gasteiger partial charge in [0.05, 0.1) is 5.56 Å². The molecule has 4 nitrogen and oxygen atoms in total. The van der Waals surface area contributed by atoms with Crippen LogP contribution >= 0.6 is 27.7 Å². The van der Waals surface area contributed by atoms with E-state index in [2.05, 4.69) is 32.1 Å². The first-order valence-electron chi connectivity index (χ1n) is 4.42. The monoisotopic (exact) mass is 294 g/mol. The summed E-state index contributed by atoms with van der Waals surface area (Å²) < 4.78 is 2.57. The second-order valence-electron chi connectivity index (χ2n) is 3.02. The van der Waals surface area contributed by atoms with E-state index in [0.717, 1.165) is 14.5 Å². The van der Waals surface area contributed by atoms with E-state index in [-0.39, 0.29) is 0 Å². The molecule has 0 atom stereocenters. The highest BCUT2D eigenvalue weighted by molar-refractivity contribution is 9.10. The SMILES string of the molecule is Cn1ncnc1Sc1ccc(Br)cc1C#N. The molecule has 1 aromatic heterocycles. The molecular formula is C10H7BrN4S. The van der Waals surface area contributed by atoms with Crippen molar-refractivity contribution in [3.63, 3.8) is 0 Å². The van der Waals surface area contributed by atoms with Crippen LogP contribution in [0.25, 0.3) is 0 Å². The van der Waals surface area contributed by atoms with Gasteiger partial charge in [-0.3, -0.25) is 0 Å². The molecule has 0 spiro atoms. The van der Waals surface area contributed by atoms with Crippen LogP contribution in [0.1, 0.15) is 5.56 Å². The maximum absolute atomic E-state index is 9.01. The molecule has 0 unspecified atom stereocenters. The Bertz CT molecular complexity index is 558. The second kappa shape index (κ2) is 4.68. The lowest BCUT2D eigenvalue weighted by atomic mass is 10.2. The topological polar surface area (TPSA) is 54.5 Å². The molecule has 0 radical (unpaired) electrons. The number of nitriles is 1. The fourth-order valence-electron chi connectivity index (χ4n) is 1.15. The van der Waals surface area contributed by atoms with Crippen LogP contribution in [-0.4, -0.2) is 14.8 Å². The fourth-order valence-corrected chi connectivity index (χ4v) is 2.34. The van der Waals surface area contributed by atoms with Crippen LogP contribution in [0.3, 0.4) is 0 Å². The van der Waals surface area contributed by atoms with Crippen molar-refractivity contribution in [3.05, 3.63) is 34.6 Å². The van der Waals surface area contributed by atoms with E-state index in [0.29, 0.717) is 5.56 Å². The molecule has 2 aromatic rings. The van der Waals surface area contributed by atoms with Crippen molar-refractivity contribution in [2.24, 2.45) is 7.05 Å². The Labute approximate surface area is 105 Å². The third-order valence-electron chi connectivity index (χ3n) is 1.93. The summed E-state index contributed by atoms with van der Waals surface area (Å²) >= 11 is 4.76. The van der Waals surface area contributed by atoms with Crippen molar-refractivity contribution in [3.8, 4) is 6.07 Å². The van der Waals surface area contributed by atoms with E-state index < -0.39 is 0 Å². The molecule has 0 saturated heterocycles. The predicted molar refractivity (Wildman–Crippen MR) is 64.0 cm³/mol. The van der Waals surface area contributed by atoms with Gasteiger partial charge in [0.25, 0.3) is 0 Å². The average Bonchev–Trinajstić information content (AvgIpc) is 2.67. The largest absolute Gasteiger partial charge is 0.244 e. The summed E-state index contributed by atoms with van der Waals surface area (Å²) in [6.07, 6.45) is 1.49. The van der Waals surface area contributed by atoms with Gasteiger partial charge in [0.2, 0.25) is 0 Å². The maximum atomic E-state index is 9.01. The number of aromatic nitrogens is 3. The Hall–Kier alpha value is -1.32. The molecule has 2 rings (SSSR count). The van der Waals surface area contributed by atoms with Gasteiger partial charge in [0.1, 0.15) is 12.4 Å². The molecule has 0 amide bonds. The molecule has 0 aliphatic heterocycles. The highest BCUT2D eigenvalue weighted by atomic mass is 79.9. The number of aryl methyl sites for hydroxylation is 1. The van der Waals surface area contributed by atoms with Crippen LogP contribution in [-0.2, 0) is 7.05 Å². The summed E-state index contributed by atoms with van der Waals surface area (Å²) in [5.41, 5.74) is 0.627. The Balaban J connectivity index is 2.36. The summed E-state index contributed by atoms with van der Waals surface area (Å²) in [5, 5.41) is 13.8. The van der Waals surface area contributed by atoms with E-state index in [1.165, 1.54) is 18.1 Å². The van der Waals surface area contributed by atoms with E-state index in [9.17, 15) is 0 Å². The number of hydrogen-bond acceptors (Lipinski definition) is 4. The number of benzene rings is 1.